The molecular weight excluding hydrogens is 372 g/mol. The molecule has 0 saturated heterocycles. The van der Waals surface area contributed by atoms with E-state index in [2.05, 4.69) is 41.3 Å². The maximum absolute atomic E-state index is 5.89. The highest BCUT2D eigenvalue weighted by Crippen LogP contribution is 2.34. The van der Waals surface area contributed by atoms with E-state index in [-0.39, 0.29) is 10.7 Å². The fourth-order valence-corrected chi connectivity index (χ4v) is 3.01. The third-order valence-corrected chi connectivity index (χ3v) is 5.14. The number of hydrazone groups is 1. The molecule has 0 amide bonds. The largest absolute Gasteiger partial charge is 0.481 e. The number of hydrogen-bond acceptors (Lipinski definition) is 7. The number of rotatable bonds is 7. The third-order valence-electron chi connectivity index (χ3n) is 3.41. The second-order valence-corrected chi connectivity index (χ2v) is 8.08. The highest BCUT2D eigenvalue weighted by Gasteiger charge is 2.26. The van der Waals surface area contributed by atoms with Gasteiger partial charge in [-0.3, -0.25) is 5.43 Å². The molecule has 8 heteroatoms. The van der Waals surface area contributed by atoms with E-state index in [9.17, 15) is 0 Å². The van der Waals surface area contributed by atoms with Crippen molar-refractivity contribution < 1.29 is 9.47 Å². The molecule has 26 heavy (non-hydrogen) atoms. The van der Waals surface area contributed by atoms with Crippen LogP contribution in [0.15, 0.2) is 40.6 Å². The van der Waals surface area contributed by atoms with E-state index in [0.29, 0.717) is 21.9 Å². The number of halogens is 1. The Labute approximate surface area is 163 Å². The highest BCUT2D eigenvalue weighted by atomic mass is 35.5. The van der Waals surface area contributed by atoms with Gasteiger partial charge in [0.2, 0.25) is 11.8 Å². The zero-order valence-electron chi connectivity index (χ0n) is 15.5. The lowest BCUT2D eigenvalue weighted by Gasteiger charge is -2.26. The van der Waals surface area contributed by atoms with Crippen molar-refractivity contribution in [3.63, 3.8) is 0 Å². The van der Waals surface area contributed by atoms with Gasteiger partial charge in [0.25, 0.3) is 0 Å². The molecule has 0 spiro atoms. The van der Waals surface area contributed by atoms with Crippen molar-refractivity contribution in [3.8, 4) is 11.8 Å². The summed E-state index contributed by atoms with van der Waals surface area (Å²) in [6, 6.07) is 9.01. The van der Waals surface area contributed by atoms with Crippen LogP contribution in [-0.4, -0.2) is 35.7 Å². The van der Waals surface area contributed by atoms with E-state index >= 15 is 0 Å². The van der Waals surface area contributed by atoms with Crippen LogP contribution < -0.4 is 14.9 Å². The Morgan fingerprint density at radius 2 is 1.69 bits per heavy atom. The number of ether oxygens (including phenoxy) is 2. The molecule has 0 radical (unpaired) electrons. The summed E-state index contributed by atoms with van der Waals surface area (Å²) in [5.74, 6) is 0.923. The predicted octanol–water partition coefficient (Wildman–Crippen LogP) is 4.75. The minimum atomic E-state index is -0.0600. The second-order valence-electron chi connectivity index (χ2n) is 6.54. The highest BCUT2D eigenvalue weighted by molar-refractivity contribution is 8.00. The van der Waals surface area contributed by atoms with Gasteiger partial charge in [-0.1, -0.05) is 44.1 Å². The molecule has 0 aliphatic heterocycles. The molecular formula is C18H23ClN4O2S. The SMILES string of the molecule is COc1cc(OC)nc(SC(C=NNc2ccc(Cl)cc2)C(C)(C)C)n1. The van der Waals surface area contributed by atoms with Crippen LogP contribution in [0, 0.1) is 5.41 Å². The average molecular weight is 395 g/mol. The maximum Gasteiger partial charge on any atom is 0.220 e. The van der Waals surface area contributed by atoms with Crippen molar-refractivity contribution >= 4 is 35.3 Å². The molecule has 0 saturated carbocycles. The maximum atomic E-state index is 5.89. The minimum Gasteiger partial charge on any atom is -0.481 e. The summed E-state index contributed by atoms with van der Waals surface area (Å²) < 4.78 is 10.4. The topological polar surface area (TPSA) is 68.6 Å². The number of aromatic nitrogens is 2. The van der Waals surface area contributed by atoms with Gasteiger partial charge in [-0.15, -0.1) is 0 Å². The fourth-order valence-electron chi connectivity index (χ4n) is 1.89. The number of benzene rings is 1. The monoisotopic (exact) mass is 394 g/mol. The summed E-state index contributed by atoms with van der Waals surface area (Å²) in [6.07, 6.45) is 1.86. The van der Waals surface area contributed by atoms with Crippen molar-refractivity contribution in [1.29, 1.82) is 0 Å². The van der Waals surface area contributed by atoms with Crippen LogP contribution in [-0.2, 0) is 0 Å². The Balaban J connectivity index is 2.15. The van der Waals surface area contributed by atoms with Crippen LogP contribution in [0.25, 0.3) is 0 Å². The molecule has 2 aromatic rings. The standard InChI is InChI=1S/C18H23ClN4O2S/c1-18(2,3)14(11-20-23-13-8-6-12(19)7-9-13)26-17-21-15(24-4)10-16(22-17)25-5/h6-11,14,23H,1-5H3. The average Bonchev–Trinajstić information content (AvgIpc) is 2.61. The Morgan fingerprint density at radius 1 is 1.12 bits per heavy atom. The molecule has 1 aromatic carbocycles. The third kappa shape index (κ3) is 6.07. The molecule has 1 atom stereocenters. The smallest absolute Gasteiger partial charge is 0.220 e. The lowest BCUT2D eigenvalue weighted by Crippen LogP contribution is -2.25. The molecule has 0 aliphatic rings. The van der Waals surface area contributed by atoms with Gasteiger partial charge in [-0.25, -0.2) is 0 Å². The Morgan fingerprint density at radius 3 is 2.19 bits per heavy atom. The molecule has 1 N–H and O–H groups in total. The number of nitrogens with one attached hydrogen (secondary N) is 1. The van der Waals surface area contributed by atoms with Crippen LogP contribution in [0.1, 0.15) is 20.8 Å². The quantitative estimate of drug-likeness (QED) is 0.316. The molecule has 0 aliphatic carbocycles. The van der Waals surface area contributed by atoms with Crippen molar-refractivity contribution in [2.45, 2.75) is 31.2 Å². The van der Waals surface area contributed by atoms with E-state index < -0.39 is 0 Å². The Kier molecular flexibility index (Phi) is 7.11. The van der Waals surface area contributed by atoms with Crippen LogP contribution in [0.4, 0.5) is 5.69 Å². The summed E-state index contributed by atoms with van der Waals surface area (Å²) in [5.41, 5.74) is 3.82. The molecule has 1 unspecified atom stereocenters. The first-order valence-corrected chi connectivity index (χ1v) is 9.26. The number of nitrogens with zero attached hydrogens (tertiary/aromatic N) is 3. The molecule has 140 valence electrons. The summed E-state index contributed by atoms with van der Waals surface area (Å²) in [6.45, 7) is 6.41. The molecule has 0 fully saturated rings. The van der Waals surface area contributed by atoms with Gasteiger partial charge in [-0.05, 0) is 29.7 Å². The normalized spacial score (nSPS) is 12.8. The number of hydrogen-bond donors (Lipinski definition) is 1. The van der Waals surface area contributed by atoms with E-state index in [4.69, 9.17) is 21.1 Å². The van der Waals surface area contributed by atoms with E-state index in [1.165, 1.54) is 11.8 Å². The summed E-state index contributed by atoms with van der Waals surface area (Å²) in [4.78, 5) is 8.76. The molecule has 6 nitrogen and oxygen atoms in total. The summed E-state index contributed by atoms with van der Waals surface area (Å²) in [5, 5.41) is 5.64. The zero-order valence-corrected chi connectivity index (χ0v) is 17.1. The van der Waals surface area contributed by atoms with Gasteiger partial charge in [0, 0.05) is 11.2 Å². The van der Waals surface area contributed by atoms with Gasteiger partial charge in [0.1, 0.15) is 0 Å². The first kappa shape index (κ1) is 20.3. The van der Waals surface area contributed by atoms with Crippen molar-refractivity contribution in [2.24, 2.45) is 10.5 Å². The predicted molar refractivity (Wildman–Crippen MR) is 108 cm³/mol. The van der Waals surface area contributed by atoms with Gasteiger partial charge >= 0.3 is 0 Å². The van der Waals surface area contributed by atoms with Gasteiger partial charge < -0.3 is 9.47 Å². The van der Waals surface area contributed by atoms with Crippen LogP contribution in [0.2, 0.25) is 5.02 Å². The van der Waals surface area contributed by atoms with Crippen molar-refractivity contribution in [2.75, 3.05) is 19.6 Å². The number of thioether (sulfide) groups is 1. The lowest BCUT2D eigenvalue weighted by molar-refractivity contribution is 0.364. The fraction of sp³-hybridized carbons (Fsp3) is 0.389. The van der Waals surface area contributed by atoms with Crippen LogP contribution in [0.5, 0.6) is 11.8 Å². The Bertz CT molecular complexity index is 726. The first-order chi connectivity index (χ1) is 12.3. The molecule has 1 heterocycles. The number of anilines is 1. The van der Waals surface area contributed by atoms with Gasteiger partial charge in [-0.2, -0.15) is 15.1 Å². The molecule has 2 rings (SSSR count). The lowest BCUT2D eigenvalue weighted by atomic mass is 9.92. The van der Waals surface area contributed by atoms with Crippen molar-refractivity contribution in [1.82, 2.24) is 9.97 Å². The zero-order chi connectivity index (χ0) is 19.2. The van der Waals surface area contributed by atoms with Crippen molar-refractivity contribution in [3.05, 3.63) is 35.4 Å². The molecule has 1 aromatic heterocycles. The Hall–Kier alpha value is -1.99. The van der Waals surface area contributed by atoms with Gasteiger partial charge in [0.05, 0.1) is 31.2 Å². The minimum absolute atomic E-state index is 0.0270. The van der Waals surface area contributed by atoms with E-state index in [1.807, 2.05) is 30.5 Å². The van der Waals surface area contributed by atoms with Gasteiger partial charge in [0.15, 0.2) is 5.16 Å². The van der Waals surface area contributed by atoms with Crippen LogP contribution in [0.3, 0.4) is 0 Å². The molecule has 0 bridgehead atoms. The summed E-state index contributed by atoms with van der Waals surface area (Å²) >= 11 is 7.39. The number of methoxy groups -OCH3 is 2. The van der Waals surface area contributed by atoms with E-state index in [0.717, 1.165) is 5.69 Å². The second kappa shape index (κ2) is 9.09. The first-order valence-electron chi connectivity index (χ1n) is 8.00. The summed E-state index contributed by atoms with van der Waals surface area (Å²) in [7, 11) is 3.13. The van der Waals surface area contributed by atoms with Crippen LogP contribution >= 0.6 is 23.4 Å². The van der Waals surface area contributed by atoms with E-state index in [1.54, 1.807) is 20.3 Å².